The van der Waals surface area contributed by atoms with Crippen LogP contribution in [-0.4, -0.2) is 28.9 Å². The Labute approximate surface area is 180 Å². The topological polar surface area (TPSA) is 73.7 Å². The maximum atomic E-state index is 13.1. The molecular formula is C19H15Cl2N3O4S. The second kappa shape index (κ2) is 8.44. The van der Waals surface area contributed by atoms with Gasteiger partial charge in [0.25, 0.3) is 5.56 Å². The van der Waals surface area contributed by atoms with Crippen LogP contribution in [0.4, 0.5) is 5.69 Å². The minimum absolute atomic E-state index is 0.0441. The van der Waals surface area contributed by atoms with Crippen LogP contribution in [0.1, 0.15) is 4.88 Å². The van der Waals surface area contributed by atoms with Crippen molar-refractivity contribution in [2.75, 3.05) is 18.1 Å². The van der Waals surface area contributed by atoms with Gasteiger partial charge in [-0.3, -0.25) is 9.59 Å². The van der Waals surface area contributed by atoms with Crippen molar-refractivity contribution in [3.05, 3.63) is 67.2 Å². The van der Waals surface area contributed by atoms with Crippen molar-refractivity contribution in [2.45, 2.75) is 13.1 Å². The normalized spacial score (nSPS) is 12.6. The van der Waals surface area contributed by atoms with Crippen LogP contribution in [0, 0.1) is 0 Å². The first-order valence-electron chi connectivity index (χ1n) is 8.66. The third-order valence-electron chi connectivity index (χ3n) is 4.26. The summed E-state index contributed by atoms with van der Waals surface area (Å²) in [5.41, 5.74) is 0.00604. The fourth-order valence-electron chi connectivity index (χ4n) is 2.85. The average Bonchev–Trinajstić information content (AvgIpc) is 3.25. The zero-order chi connectivity index (χ0) is 20.4. The molecule has 150 valence electrons. The van der Waals surface area contributed by atoms with E-state index in [-0.39, 0.29) is 22.5 Å². The van der Waals surface area contributed by atoms with Crippen molar-refractivity contribution < 1.29 is 14.3 Å². The van der Waals surface area contributed by atoms with Crippen LogP contribution in [0.2, 0.25) is 10.0 Å². The van der Waals surface area contributed by atoms with Crippen molar-refractivity contribution in [1.29, 1.82) is 0 Å². The Morgan fingerprint density at radius 2 is 2.00 bits per heavy atom. The number of nitrogens with zero attached hydrogens (tertiary/aromatic N) is 3. The molecule has 29 heavy (non-hydrogen) atoms. The van der Waals surface area contributed by atoms with E-state index in [9.17, 15) is 9.59 Å². The largest absolute Gasteiger partial charge is 0.486 e. The Morgan fingerprint density at radius 1 is 1.21 bits per heavy atom. The molecule has 0 radical (unpaired) electrons. The number of ether oxygens (including phenoxy) is 2. The zero-order valence-corrected chi connectivity index (χ0v) is 17.3. The molecule has 0 bridgehead atoms. The Balaban J connectivity index is 1.66. The number of thiophene rings is 1. The van der Waals surface area contributed by atoms with E-state index in [1.54, 1.807) is 23.1 Å². The highest BCUT2D eigenvalue weighted by Gasteiger charge is 2.22. The molecule has 0 fully saturated rings. The van der Waals surface area contributed by atoms with Crippen molar-refractivity contribution in [3.8, 4) is 11.5 Å². The molecule has 3 heterocycles. The van der Waals surface area contributed by atoms with Gasteiger partial charge in [0.1, 0.15) is 24.8 Å². The van der Waals surface area contributed by atoms with Crippen molar-refractivity contribution in [1.82, 2.24) is 9.78 Å². The highest BCUT2D eigenvalue weighted by Crippen LogP contribution is 2.34. The molecule has 2 aromatic heterocycles. The number of aromatic nitrogens is 2. The Morgan fingerprint density at radius 3 is 2.76 bits per heavy atom. The third kappa shape index (κ3) is 4.24. The number of anilines is 1. The molecule has 0 unspecified atom stereocenters. The molecule has 0 spiro atoms. The van der Waals surface area contributed by atoms with Gasteiger partial charge in [-0.15, -0.1) is 11.3 Å². The fraction of sp³-hybridized carbons (Fsp3) is 0.211. The van der Waals surface area contributed by atoms with Gasteiger partial charge < -0.3 is 14.4 Å². The van der Waals surface area contributed by atoms with E-state index in [1.165, 1.54) is 17.5 Å². The average molecular weight is 452 g/mol. The summed E-state index contributed by atoms with van der Waals surface area (Å²) < 4.78 is 12.2. The van der Waals surface area contributed by atoms with Gasteiger partial charge in [0.05, 0.1) is 17.8 Å². The third-order valence-corrected chi connectivity index (χ3v) is 5.87. The minimum Gasteiger partial charge on any atom is -0.486 e. The minimum atomic E-state index is -0.620. The molecule has 0 N–H and O–H groups in total. The number of fused-ring (bicyclic) bond motifs is 1. The van der Waals surface area contributed by atoms with E-state index >= 15 is 0 Å². The first kappa shape index (κ1) is 19.8. The van der Waals surface area contributed by atoms with Gasteiger partial charge in [-0.25, -0.2) is 4.68 Å². The molecule has 0 aliphatic carbocycles. The van der Waals surface area contributed by atoms with E-state index in [0.717, 1.165) is 9.56 Å². The van der Waals surface area contributed by atoms with E-state index < -0.39 is 5.56 Å². The summed E-state index contributed by atoms with van der Waals surface area (Å²) in [7, 11) is 0. The van der Waals surface area contributed by atoms with Crippen molar-refractivity contribution in [3.63, 3.8) is 0 Å². The van der Waals surface area contributed by atoms with Gasteiger partial charge in [-0.2, -0.15) is 5.10 Å². The molecule has 7 nitrogen and oxygen atoms in total. The zero-order valence-electron chi connectivity index (χ0n) is 15.0. The number of hydrogen-bond acceptors (Lipinski definition) is 6. The molecule has 1 amide bonds. The van der Waals surface area contributed by atoms with Crippen LogP contribution in [0.15, 0.2) is 46.7 Å². The maximum absolute atomic E-state index is 13.1. The number of benzene rings is 1. The van der Waals surface area contributed by atoms with Crippen LogP contribution < -0.4 is 19.9 Å². The predicted octanol–water partition coefficient (Wildman–Crippen LogP) is 3.62. The van der Waals surface area contributed by atoms with Gasteiger partial charge >= 0.3 is 0 Å². The first-order valence-corrected chi connectivity index (χ1v) is 10.3. The number of carbonyl (C=O) groups is 1. The van der Waals surface area contributed by atoms with Crippen LogP contribution >= 0.6 is 34.5 Å². The molecule has 1 aromatic carbocycles. The SMILES string of the molecule is O=C(Cn1ncc(Cl)c(Cl)c1=O)N(Cc1cccs1)c1ccc2c(c1)OCCO2. The lowest BCUT2D eigenvalue weighted by Crippen LogP contribution is -2.37. The number of hydrogen-bond donors (Lipinski definition) is 0. The monoisotopic (exact) mass is 451 g/mol. The number of rotatable bonds is 5. The van der Waals surface area contributed by atoms with E-state index in [0.29, 0.717) is 36.9 Å². The molecular weight excluding hydrogens is 437 g/mol. The number of amides is 1. The lowest BCUT2D eigenvalue weighted by molar-refractivity contribution is -0.119. The van der Waals surface area contributed by atoms with Gasteiger partial charge in [-0.1, -0.05) is 29.3 Å². The van der Waals surface area contributed by atoms with Gasteiger partial charge in [-0.05, 0) is 23.6 Å². The standard InChI is InChI=1S/C19H15Cl2N3O4S/c20-14-9-22-24(19(26)18(14)21)11-17(25)23(10-13-2-1-7-29-13)12-3-4-15-16(8-12)28-6-5-27-15/h1-4,7-9H,5-6,10-11H2. The summed E-state index contributed by atoms with van der Waals surface area (Å²) in [5, 5.41) is 5.73. The first-order chi connectivity index (χ1) is 14.0. The molecule has 0 atom stereocenters. The van der Waals surface area contributed by atoms with Gasteiger partial charge in [0, 0.05) is 16.6 Å². The number of carbonyl (C=O) groups excluding carboxylic acids is 1. The summed E-state index contributed by atoms with van der Waals surface area (Å²) in [6, 6.07) is 9.15. The van der Waals surface area contributed by atoms with E-state index in [4.69, 9.17) is 32.7 Å². The fourth-order valence-corrected chi connectivity index (χ4v) is 3.82. The molecule has 4 rings (SSSR count). The molecule has 1 aliphatic heterocycles. The maximum Gasteiger partial charge on any atom is 0.287 e. The van der Waals surface area contributed by atoms with Crippen LogP contribution in [0.3, 0.4) is 0 Å². The predicted molar refractivity (Wildman–Crippen MR) is 111 cm³/mol. The van der Waals surface area contributed by atoms with E-state index in [2.05, 4.69) is 5.10 Å². The number of halogens is 2. The van der Waals surface area contributed by atoms with Crippen molar-refractivity contribution >= 4 is 46.1 Å². The van der Waals surface area contributed by atoms with Crippen LogP contribution in [-0.2, 0) is 17.9 Å². The van der Waals surface area contributed by atoms with Gasteiger partial charge in [0.2, 0.25) is 5.91 Å². The summed E-state index contributed by atoms with van der Waals surface area (Å²) in [4.78, 5) is 28.0. The summed E-state index contributed by atoms with van der Waals surface area (Å²) in [6.07, 6.45) is 1.24. The highest BCUT2D eigenvalue weighted by molar-refractivity contribution is 7.09. The van der Waals surface area contributed by atoms with Gasteiger partial charge in [0.15, 0.2) is 11.5 Å². The molecule has 3 aromatic rings. The van der Waals surface area contributed by atoms with Crippen LogP contribution in [0.5, 0.6) is 11.5 Å². The molecule has 10 heteroatoms. The smallest absolute Gasteiger partial charge is 0.287 e. The Bertz CT molecular complexity index is 1100. The lowest BCUT2D eigenvalue weighted by Gasteiger charge is -2.25. The summed E-state index contributed by atoms with van der Waals surface area (Å²) in [5.74, 6) is 0.872. The second-order valence-electron chi connectivity index (χ2n) is 6.16. The van der Waals surface area contributed by atoms with Crippen molar-refractivity contribution in [2.24, 2.45) is 0 Å². The lowest BCUT2D eigenvalue weighted by atomic mass is 10.2. The second-order valence-corrected chi connectivity index (χ2v) is 7.97. The Kier molecular flexibility index (Phi) is 5.75. The quantitative estimate of drug-likeness (QED) is 0.592. The van der Waals surface area contributed by atoms with E-state index in [1.807, 2.05) is 17.5 Å². The Hall–Kier alpha value is -2.55. The van der Waals surface area contributed by atoms with Crippen LogP contribution in [0.25, 0.3) is 0 Å². The molecule has 0 saturated carbocycles. The summed E-state index contributed by atoms with van der Waals surface area (Å²) in [6.45, 7) is 0.982. The molecule has 1 aliphatic rings. The summed E-state index contributed by atoms with van der Waals surface area (Å²) >= 11 is 13.2. The highest BCUT2D eigenvalue weighted by atomic mass is 35.5. The molecule has 0 saturated heterocycles.